The Morgan fingerprint density at radius 3 is 2.06 bits per heavy atom. The maximum atomic E-state index is 12.3. The van der Waals surface area contributed by atoms with E-state index in [4.69, 9.17) is 14.2 Å². The number of esters is 1. The van der Waals surface area contributed by atoms with Crippen molar-refractivity contribution in [1.29, 1.82) is 0 Å². The van der Waals surface area contributed by atoms with Gasteiger partial charge in [0.15, 0.2) is 6.61 Å². The minimum atomic E-state index is -0.462. The number of carbonyl (C=O) groups is 2. The van der Waals surface area contributed by atoms with Crippen molar-refractivity contribution in [2.24, 2.45) is 5.10 Å². The Kier molecular flexibility index (Phi) is 8.80. The Hall–Kier alpha value is -4.13. The molecule has 1 amide bonds. The predicted molar refractivity (Wildman–Crippen MR) is 131 cm³/mol. The van der Waals surface area contributed by atoms with Gasteiger partial charge in [-0.1, -0.05) is 26.0 Å². The van der Waals surface area contributed by atoms with Gasteiger partial charge in [0.1, 0.15) is 17.2 Å². The maximum absolute atomic E-state index is 12.3. The fourth-order valence-corrected chi connectivity index (χ4v) is 2.95. The molecule has 176 valence electrons. The summed E-state index contributed by atoms with van der Waals surface area (Å²) in [6, 6.07) is 21.2. The summed E-state index contributed by atoms with van der Waals surface area (Å²) in [5.41, 5.74) is 4.78. The zero-order valence-corrected chi connectivity index (χ0v) is 19.5. The van der Waals surface area contributed by atoms with Gasteiger partial charge in [-0.3, -0.25) is 4.79 Å². The Morgan fingerprint density at radius 1 is 0.853 bits per heavy atom. The van der Waals surface area contributed by atoms with Gasteiger partial charge >= 0.3 is 5.97 Å². The van der Waals surface area contributed by atoms with Gasteiger partial charge in [-0.05, 0) is 84.6 Å². The summed E-state index contributed by atoms with van der Waals surface area (Å²) in [7, 11) is 0. The summed E-state index contributed by atoms with van der Waals surface area (Å²) in [5.74, 6) is 1.32. The third kappa shape index (κ3) is 7.48. The second-order valence-electron chi connectivity index (χ2n) is 7.72. The van der Waals surface area contributed by atoms with E-state index in [1.807, 2.05) is 31.2 Å². The lowest BCUT2D eigenvalue weighted by molar-refractivity contribution is -0.123. The number of benzene rings is 3. The standard InChI is InChI=1S/C27H28N2O5/c1-4-32-23-15-9-22(10-16-23)27(31)34-25-11-5-20(6-12-25)17-28-29-26(30)18-33-24-13-7-21(8-14-24)19(2)3/h5-17,19H,4,18H2,1-3H3,(H,29,30). The van der Waals surface area contributed by atoms with Gasteiger partial charge in [0.25, 0.3) is 5.91 Å². The van der Waals surface area contributed by atoms with Crippen LogP contribution >= 0.6 is 0 Å². The fourth-order valence-electron chi connectivity index (χ4n) is 2.95. The topological polar surface area (TPSA) is 86.2 Å². The number of hydrogen-bond acceptors (Lipinski definition) is 6. The summed E-state index contributed by atoms with van der Waals surface area (Å²) in [6.07, 6.45) is 1.49. The summed E-state index contributed by atoms with van der Waals surface area (Å²) >= 11 is 0. The van der Waals surface area contributed by atoms with Crippen molar-refractivity contribution in [2.75, 3.05) is 13.2 Å². The minimum absolute atomic E-state index is 0.140. The van der Waals surface area contributed by atoms with E-state index in [9.17, 15) is 9.59 Å². The Balaban J connectivity index is 1.44. The highest BCUT2D eigenvalue weighted by atomic mass is 16.5. The zero-order valence-electron chi connectivity index (χ0n) is 19.5. The van der Waals surface area contributed by atoms with Gasteiger partial charge in [-0.2, -0.15) is 5.10 Å². The van der Waals surface area contributed by atoms with E-state index < -0.39 is 5.97 Å². The molecule has 0 unspecified atom stereocenters. The second-order valence-corrected chi connectivity index (χ2v) is 7.72. The SMILES string of the molecule is CCOc1ccc(C(=O)Oc2ccc(C=NNC(=O)COc3ccc(C(C)C)cc3)cc2)cc1. The van der Waals surface area contributed by atoms with E-state index in [0.717, 1.165) is 5.56 Å². The Labute approximate surface area is 199 Å². The van der Waals surface area contributed by atoms with E-state index in [0.29, 0.717) is 35.3 Å². The molecular formula is C27H28N2O5. The normalized spacial score (nSPS) is 10.8. The molecule has 0 aliphatic heterocycles. The molecular weight excluding hydrogens is 432 g/mol. The van der Waals surface area contributed by atoms with Gasteiger partial charge < -0.3 is 14.2 Å². The van der Waals surface area contributed by atoms with Crippen LogP contribution in [0.4, 0.5) is 0 Å². The molecule has 0 heterocycles. The molecule has 0 spiro atoms. The van der Waals surface area contributed by atoms with Crippen LogP contribution in [0.1, 0.15) is 48.2 Å². The lowest BCUT2D eigenvalue weighted by Gasteiger charge is -2.08. The molecule has 0 aliphatic carbocycles. The van der Waals surface area contributed by atoms with Gasteiger partial charge in [0, 0.05) is 0 Å². The third-order valence-electron chi connectivity index (χ3n) is 4.81. The summed E-state index contributed by atoms with van der Waals surface area (Å²) in [5, 5.41) is 3.93. The number of rotatable bonds is 10. The van der Waals surface area contributed by atoms with Gasteiger partial charge in [0.05, 0.1) is 18.4 Å². The minimum Gasteiger partial charge on any atom is -0.494 e. The average Bonchev–Trinajstić information content (AvgIpc) is 2.84. The summed E-state index contributed by atoms with van der Waals surface area (Å²) in [4.78, 5) is 24.2. The molecule has 0 saturated carbocycles. The van der Waals surface area contributed by atoms with Gasteiger partial charge in [-0.25, -0.2) is 10.2 Å². The molecule has 3 aromatic carbocycles. The largest absolute Gasteiger partial charge is 0.494 e. The highest BCUT2D eigenvalue weighted by Crippen LogP contribution is 2.19. The lowest BCUT2D eigenvalue weighted by Crippen LogP contribution is -2.24. The van der Waals surface area contributed by atoms with E-state index in [1.165, 1.54) is 11.8 Å². The van der Waals surface area contributed by atoms with Crippen LogP contribution in [-0.2, 0) is 4.79 Å². The smallest absolute Gasteiger partial charge is 0.343 e. The lowest BCUT2D eigenvalue weighted by atomic mass is 10.0. The highest BCUT2D eigenvalue weighted by molar-refractivity contribution is 5.91. The molecule has 7 heteroatoms. The van der Waals surface area contributed by atoms with Crippen molar-refractivity contribution < 1.29 is 23.8 Å². The summed E-state index contributed by atoms with van der Waals surface area (Å²) in [6.45, 7) is 6.55. The van der Waals surface area contributed by atoms with Crippen LogP contribution in [0.3, 0.4) is 0 Å². The highest BCUT2D eigenvalue weighted by Gasteiger charge is 2.09. The van der Waals surface area contributed by atoms with E-state index in [2.05, 4.69) is 24.4 Å². The Bertz CT molecular complexity index is 1110. The molecule has 0 aliphatic rings. The predicted octanol–water partition coefficient (Wildman–Crippen LogP) is 4.96. The molecule has 0 fully saturated rings. The monoisotopic (exact) mass is 460 g/mol. The molecule has 0 bridgehead atoms. The molecule has 0 atom stereocenters. The number of hydrazone groups is 1. The van der Waals surface area contributed by atoms with Crippen molar-refractivity contribution in [3.63, 3.8) is 0 Å². The van der Waals surface area contributed by atoms with Crippen LogP contribution in [0.25, 0.3) is 0 Å². The van der Waals surface area contributed by atoms with Crippen LogP contribution in [0.2, 0.25) is 0 Å². The number of hydrogen-bond donors (Lipinski definition) is 1. The molecule has 34 heavy (non-hydrogen) atoms. The number of nitrogens with one attached hydrogen (secondary N) is 1. The molecule has 0 radical (unpaired) electrons. The van der Waals surface area contributed by atoms with Crippen molar-refractivity contribution in [2.45, 2.75) is 26.7 Å². The van der Waals surface area contributed by atoms with Crippen molar-refractivity contribution in [1.82, 2.24) is 5.43 Å². The summed E-state index contributed by atoms with van der Waals surface area (Å²) < 4.78 is 16.2. The first-order valence-electron chi connectivity index (χ1n) is 11.0. The molecule has 3 rings (SSSR count). The quantitative estimate of drug-likeness (QED) is 0.200. The van der Waals surface area contributed by atoms with E-state index in [-0.39, 0.29) is 12.5 Å². The Morgan fingerprint density at radius 2 is 1.44 bits per heavy atom. The van der Waals surface area contributed by atoms with Crippen molar-refractivity contribution in [3.05, 3.63) is 89.5 Å². The van der Waals surface area contributed by atoms with Crippen LogP contribution < -0.4 is 19.6 Å². The third-order valence-corrected chi connectivity index (χ3v) is 4.81. The number of amides is 1. The number of ether oxygens (including phenoxy) is 3. The fraction of sp³-hybridized carbons (Fsp3) is 0.222. The van der Waals surface area contributed by atoms with E-state index in [1.54, 1.807) is 48.5 Å². The van der Waals surface area contributed by atoms with Crippen LogP contribution in [0.5, 0.6) is 17.2 Å². The molecule has 1 N–H and O–H groups in total. The maximum Gasteiger partial charge on any atom is 0.343 e. The van der Waals surface area contributed by atoms with Crippen LogP contribution in [0, 0.1) is 0 Å². The molecule has 7 nitrogen and oxygen atoms in total. The molecule has 0 aromatic heterocycles. The van der Waals surface area contributed by atoms with Gasteiger partial charge in [0.2, 0.25) is 0 Å². The molecule has 3 aromatic rings. The molecule has 0 saturated heterocycles. The van der Waals surface area contributed by atoms with Crippen molar-refractivity contribution >= 4 is 18.1 Å². The number of carbonyl (C=O) groups excluding carboxylic acids is 2. The first kappa shape index (κ1) is 24.5. The first-order valence-corrected chi connectivity index (χ1v) is 11.0. The van der Waals surface area contributed by atoms with Crippen molar-refractivity contribution in [3.8, 4) is 17.2 Å². The van der Waals surface area contributed by atoms with E-state index >= 15 is 0 Å². The second kappa shape index (κ2) is 12.2. The number of nitrogens with zero attached hydrogens (tertiary/aromatic N) is 1. The first-order chi connectivity index (χ1) is 16.4. The van der Waals surface area contributed by atoms with Gasteiger partial charge in [-0.15, -0.1) is 0 Å². The van der Waals surface area contributed by atoms with Crippen LogP contribution in [0.15, 0.2) is 77.9 Å². The average molecular weight is 461 g/mol. The van der Waals surface area contributed by atoms with Crippen LogP contribution in [-0.4, -0.2) is 31.3 Å². The zero-order chi connectivity index (χ0) is 24.3.